The maximum Gasteiger partial charge on any atom is 0.129 e. The summed E-state index contributed by atoms with van der Waals surface area (Å²) in [6, 6.07) is 0. The Morgan fingerprint density at radius 2 is 1.44 bits per heavy atom. The molecule has 1 aliphatic rings. The van der Waals surface area contributed by atoms with Crippen LogP contribution in [-0.4, -0.2) is 27.8 Å². The molecule has 0 amide bonds. The molecule has 2 nitrogen and oxygen atoms in total. The van der Waals surface area contributed by atoms with Gasteiger partial charge in [-0.1, -0.05) is 0 Å². The highest BCUT2D eigenvalue weighted by molar-refractivity contribution is 6.51. The lowest BCUT2D eigenvalue weighted by atomic mass is 10.3. The van der Waals surface area contributed by atoms with Gasteiger partial charge in [0.05, 0.1) is 0 Å². The molecule has 1 saturated carbocycles. The van der Waals surface area contributed by atoms with Crippen molar-refractivity contribution in [3.05, 3.63) is 0 Å². The van der Waals surface area contributed by atoms with Crippen LogP contribution in [0.3, 0.4) is 0 Å². The van der Waals surface area contributed by atoms with Gasteiger partial charge < -0.3 is 10.2 Å². The largest absolute Gasteiger partial charge is 0.396 e. The third kappa shape index (κ3) is 1.05. The Morgan fingerprint density at radius 1 is 1.11 bits per heavy atom. The molecule has 0 saturated heterocycles. The van der Waals surface area contributed by atoms with Crippen LogP contribution in [-0.2, 0) is 0 Å². The van der Waals surface area contributed by atoms with E-state index in [0.717, 1.165) is 0 Å². The molecule has 2 N–H and O–H groups in total. The predicted molar refractivity (Wildman–Crippen MR) is 35.6 cm³/mol. The zero-order valence-electron chi connectivity index (χ0n) is 4.72. The lowest BCUT2D eigenvalue weighted by Crippen LogP contribution is -1.94. The Hall–Kier alpha value is 0.500. The first-order chi connectivity index (χ1) is 4.14. The summed E-state index contributed by atoms with van der Waals surface area (Å²) in [4.78, 5) is 0. The van der Waals surface area contributed by atoms with Crippen molar-refractivity contribution in [1.29, 1.82) is 0 Å². The Morgan fingerprint density at radius 3 is 1.56 bits per heavy atom. The van der Waals surface area contributed by atoms with Gasteiger partial charge in [-0.25, -0.2) is 0 Å². The number of aliphatic hydroxyl groups excluding tert-OH is 2. The molecule has 54 valence electrons. The second kappa shape index (κ2) is 2.27. The van der Waals surface area contributed by atoms with Crippen LogP contribution in [0.5, 0.6) is 0 Å². The first kappa shape index (κ1) is 7.61. The van der Waals surface area contributed by atoms with Crippen LogP contribution in [0.1, 0.15) is 0 Å². The van der Waals surface area contributed by atoms with Gasteiger partial charge in [-0.2, -0.15) is 0 Å². The van der Waals surface area contributed by atoms with Crippen molar-refractivity contribution in [2.45, 2.75) is 4.33 Å². The van der Waals surface area contributed by atoms with Gasteiger partial charge in [0, 0.05) is 25.0 Å². The molecule has 1 aliphatic carbocycles. The summed E-state index contributed by atoms with van der Waals surface area (Å²) in [5.41, 5.74) is 0. The van der Waals surface area contributed by atoms with Crippen molar-refractivity contribution in [3.63, 3.8) is 0 Å². The Kier molecular flexibility index (Phi) is 1.92. The molecule has 1 fully saturated rings. The number of hydrogen-bond acceptors (Lipinski definition) is 2. The topological polar surface area (TPSA) is 40.5 Å². The third-order valence-electron chi connectivity index (χ3n) is 1.76. The monoisotopic (exact) mass is 170 g/mol. The van der Waals surface area contributed by atoms with Gasteiger partial charge in [-0.15, -0.1) is 23.2 Å². The van der Waals surface area contributed by atoms with Gasteiger partial charge >= 0.3 is 0 Å². The van der Waals surface area contributed by atoms with E-state index >= 15 is 0 Å². The van der Waals surface area contributed by atoms with E-state index in [0.29, 0.717) is 0 Å². The van der Waals surface area contributed by atoms with E-state index in [-0.39, 0.29) is 25.0 Å². The summed E-state index contributed by atoms with van der Waals surface area (Å²) in [6.07, 6.45) is 0. The molecule has 0 aromatic carbocycles. The van der Waals surface area contributed by atoms with Crippen molar-refractivity contribution in [2.75, 3.05) is 13.2 Å². The molecular weight excluding hydrogens is 163 g/mol. The van der Waals surface area contributed by atoms with Gasteiger partial charge in [0.2, 0.25) is 0 Å². The maximum absolute atomic E-state index is 8.56. The molecule has 0 aromatic rings. The minimum Gasteiger partial charge on any atom is -0.396 e. The minimum atomic E-state index is -0.872. The van der Waals surface area contributed by atoms with Crippen molar-refractivity contribution < 1.29 is 10.2 Å². The molecule has 0 radical (unpaired) electrons. The Bertz CT molecular complexity index is 104. The average molecular weight is 171 g/mol. The van der Waals surface area contributed by atoms with E-state index in [1.54, 1.807) is 0 Å². The van der Waals surface area contributed by atoms with Gasteiger partial charge in [0.15, 0.2) is 0 Å². The van der Waals surface area contributed by atoms with Crippen LogP contribution < -0.4 is 0 Å². The molecular formula is C5H8Cl2O2. The first-order valence-corrected chi connectivity index (χ1v) is 3.49. The molecule has 0 aromatic heterocycles. The first-order valence-electron chi connectivity index (χ1n) is 2.74. The summed E-state index contributed by atoms with van der Waals surface area (Å²) in [5.74, 6) is -0.267. The second-order valence-electron chi connectivity index (χ2n) is 2.25. The summed E-state index contributed by atoms with van der Waals surface area (Å²) >= 11 is 11.2. The van der Waals surface area contributed by atoms with Crippen LogP contribution in [0, 0.1) is 11.8 Å². The van der Waals surface area contributed by atoms with Crippen LogP contribution in [0.2, 0.25) is 0 Å². The summed E-state index contributed by atoms with van der Waals surface area (Å²) in [6.45, 7) is -0.0869. The van der Waals surface area contributed by atoms with Gasteiger partial charge in [-0.05, 0) is 0 Å². The van der Waals surface area contributed by atoms with Gasteiger partial charge in [0.25, 0.3) is 0 Å². The number of hydrogen-bond donors (Lipinski definition) is 2. The van der Waals surface area contributed by atoms with Gasteiger partial charge in [-0.3, -0.25) is 0 Å². The quantitative estimate of drug-likeness (QED) is 0.590. The van der Waals surface area contributed by atoms with Crippen LogP contribution in [0.15, 0.2) is 0 Å². The van der Waals surface area contributed by atoms with Gasteiger partial charge in [0.1, 0.15) is 4.33 Å². The third-order valence-corrected chi connectivity index (χ3v) is 2.88. The van der Waals surface area contributed by atoms with E-state index in [1.165, 1.54) is 0 Å². The summed E-state index contributed by atoms with van der Waals surface area (Å²) < 4.78 is -0.872. The molecule has 0 aliphatic heterocycles. The lowest BCUT2D eigenvalue weighted by molar-refractivity contribution is 0.232. The van der Waals surface area contributed by atoms with E-state index in [2.05, 4.69) is 0 Å². The molecule has 0 unspecified atom stereocenters. The van der Waals surface area contributed by atoms with Crippen molar-refractivity contribution >= 4 is 23.2 Å². The zero-order chi connectivity index (χ0) is 7.07. The normalized spacial score (nSPS) is 38.7. The van der Waals surface area contributed by atoms with E-state index in [9.17, 15) is 0 Å². The molecule has 4 heteroatoms. The van der Waals surface area contributed by atoms with Crippen molar-refractivity contribution in [2.24, 2.45) is 11.8 Å². The van der Waals surface area contributed by atoms with E-state index in [4.69, 9.17) is 33.4 Å². The summed E-state index contributed by atoms with van der Waals surface area (Å²) in [7, 11) is 0. The average Bonchev–Trinajstić information content (AvgIpc) is 2.32. The van der Waals surface area contributed by atoms with E-state index in [1.807, 2.05) is 0 Å². The Labute approximate surface area is 63.4 Å². The fourth-order valence-corrected chi connectivity index (χ4v) is 1.72. The highest BCUT2D eigenvalue weighted by Crippen LogP contribution is 2.58. The standard InChI is InChI=1S/C5H8Cl2O2/c6-5(7)3(1-8)4(5)2-9/h3-4,8-9H,1-2H2/t3-,4-/m1/s1. The molecule has 0 heterocycles. The fraction of sp³-hybridized carbons (Fsp3) is 1.00. The number of alkyl halides is 2. The number of rotatable bonds is 2. The summed E-state index contributed by atoms with van der Waals surface area (Å²) in [5, 5.41) is 17.1. The van der Waals surface area contributed by atoms with Crippen molar-refractivity contribution in [1.82, 2.24) is 0 Å². The lowest BCUT2D eigenvalue weighted by Gasteiger charge is -1.91. The number of halogens is 2. The predicted octanol–water partition coefficient (Wildman–Crippen LogP) is 0.391. The molecule has 0 bridgehead atoms. The van der Waals surface area contributed by atoms with Crippen LogP contribution in [0.25, 0.3) is 0 Å². The van der Waals surface area contributed by atoms with E-state index < -0.39 is 4.33 Å². The van der Waals surface area contributed by atoms with Crippen LogP contribution in [0.4, 0.5) is 0 Å². The molecule has 0 spiro atoms. The molecule has 2 atom stereocenters. The smallest absolute Gasteiger partial charge is 0.129 e. The Balaban J connectivity index is 2.45. The van der Waals surface area contributed by atoms with Crippen molar-refractivity contribution in [3.8, 4) is 0 Å². The highest BCUT2D eigenvalue weighted by Gasteiger charge is 2.62. The maximum atomic E-state index is 8.56. The second-order valence-corrected chi connectivity index (χ2v) is 3.70. The molecule has 9 heavy (non-hydrogen) atoms. The zero-order valence-corrected chi connectivity index (χ0v) is 6.23. The van der Waals surface area contributed by atoms with Crippen LogP contribution >= 0.6 is 23.2 Å². The minimum absolute atomic E-state index is 0.0434. The SMILES string of the molecule is OC[C@@H]1[C@@H](CO)C1(Cl)Cl. The fourth-order valence-electron chi connectivity index (χ4n) is 0.958. The molecule has 1 rings (SSSR count). The number of aliphatic hydroxyl groups is 2. The highest BCUT2D eigenvalue weighted by atomic mass is 35.5.